The summed E-state index contributed by atoms with van der Waals surface area (Å²) >= 11 is 4.54. The number of aromatic nitrogens is 2. The minimum absolute atomic E-state index is 0. The van der Waals surface area contributed by atoms with Gasteiger partial charge in [0.25, 0.3) is 4.84 Å². The van der Waals surface area contributed by atoms with Crippen LogP contribution in [0.5, 0.6) is 0 Å². The van der Waals surface area contributed by atoms with Crippen molar-refractivity contribution in [1.82, 2.24) is 10.2 Å². The number of ether oxygens (including phenoxy) is 1. The third-order valence-electron chi connectivity index (χ3n) is 0.888. The fourth-order valence-electron chi connectivity index (χ4n) is 0.510. The first-order valence-corrected chi connectivity index (χ1v) is 3.37. The molecule has 0 bridgehead atoms. The monoisotopic (exact) mass is 214 g/mol. The average molecular weight is 214 g/mol. The summed E-state index contributed by atoms with van der Waals surface area (Å²) in [7, 11) is 0. The van der Waals surface area contributed by atoms with Gasteiger partial charge in [-0.05, 0) is 19.1 Å². The van der Waals surface area contributed by atoms with Crippen molar-refractivity contribution in [3.63, 3.8) is 0 Å². The molecular weight excluding hydrogens is 207 g/mol. The van der Waals surface area contributed by atoms with Gasteiger partial charge in [0.2, 0.25) is 0 Å². The largest absolute Gasteiger partial charge is 1.00 e. The van der Waals surface area contributed by atoms with Crippen LogP contribution in [-0.4, -0.2) is 22.8 Å². The smallest absolute Gasteiger partial charge is 1.00 e. The van der Waals surface area contributed by atoms with Gasteiger partial charge in [-0.2, -0.15) is 0 Å². The fourth-order valence-corrected chi connectivity index (χ4v) is 0.635. The van der Waals surface area contributed by atoms with Gasteiger partial charge in [0.05, 0.1) is 6.61 Å². The van der Waals surface area contributed by atoms with E-state index in [-0.39, 0.29) is 70.1 Å². The summed E-state index contributed by atoms with van der Waals surface area (Å²) in [6.07, 6.45) is 0. The standard InChI is InChI=1S/C5H6N2O3S.K.H/c1-2-9-4(8)3-6-7-5(11)10-3;;/h2H2,1H3,(H,7,11);;/q;+1;-1. The van der Waals surface area contributed by atoms with Crippen molar-refractivity contribution in [2.45, 2.75) is 6.92 Å². The predicted molar refractivity (Wildman–Crippen MR) is 38.8 cm³/mol. The van der Waals surface area contributed by atoms with E-state index in [1.165, 1.54) is 0 Å². The van der Waals surface area contributed by atoms with Gasteiger partial charge in [-0.25, -0.2) is 9.89 Å². The molecule has 1 rings (SSSR count). The first-order valence-electron chi connectivity index (χ1n) is 2.96. The Labute approximate surface area is 118 Å². The number of aromatic amines is 1. The van der Waals surface area contributed by atoms with Crippen molar-refractivity contribution < 1.29 is 66.8 Å². The molecule has 0 amide bonds. The number of carbonyl (C=O) groups is 1. The van der Waals surface area contributed by atoms with Crippen LogP contribution >= 0.6 is 12.2 Å². The van der Waals surface area contributed by atoms with E-state index in [0.717, 1.165) is 0 Å². The fraction of sp³-hybridized carbons (Fsp3) is 0.400. The molecule has 1 N–H and O–H groups in total. The first-order chi connectivity index (χ1) is 5.24. The maximum atomic E-state index is 10.8. The molecule has 0 aliphatic rings. The van der Waals surface area contributed by atoms with Gasteiger partial charge in [0.15, 0.2) is 0 Å². The maximum absolute atomic E-state index is 10.8. The molecule has 0 fully saturated rings. The molecule has 0 aliphatic carbocycles. The van der Waals surface area contributed by atoms with E-state index in [2.05, 4.69) is 31.6 Å². The molecular formula is C5H7KN2O3S. The number of hydrogen-bond acceptors (Lipinski definition) is 5. The van der Waals surface area contributed by atoms with Crippen LogP contribution in [0.2, 0.25) is 0 Å². The van der Waals surface area contributed by atoms with E-state index in [1.54, 1.807) is 6.92 Å². The van der Waals surface area contributed by atoms with E-state index < -0.39 is 5.97 Å². The van der Waals surface area contributed by atoms with Gasteiger partial charge in [-0.1, -0.05) is 0 Å². The Morgan fingerprint density at radius 3 is 3.00 bits per heavy atom. The second-order valence-corrected chi connectivity index (χ2v) is 2.01. The predicted octanol–water partition coefficient (Wildman–Crippen LogP) is -1.97. The normalized spacial score (nSPS) is 8.75. The van der Waals surface area contributed by atoms with Crippen LogP contribution in [0.15, 0.2) is 4.42 Å². The van der Waals surface area contributed by atoms with Crippen LogP contribution in [0.3, 0.4) is 0 Å². The SMILES string of the molecule is CCOC(=O)c1n[nH]c(=S)o1.[H-].[K+]. The van der Waals surface area contributed by atoms with Crippen molar-refractivity contribution in [2.75, 3.05) is 6.61 Å². The third kappa shape index (κ3) is 3.46. The zero-order valence-electron chi connectivity index (χ0n) is 7.79. The van der Waals surface area contributed by atoms with Crippen molar-refractivity contribution >= 4 is 18.2 Å². The van der Waals surface area contributed by atoms with Crippen LogP contribution in [-0.2, 0) is 4.74 Å². The van der Waals surface area contributed by atoms with Gasteiger partial charge in [0.1, 0.15) is 0 Å². The van der Waals surface area contributed by atoms with Gasteiger partial charge in [0, 0.05) is 0 Å². The van der Waals surface area contributed by atoms with Crippen LogP contribution in [0.4, 0.5) is 0 Å². The van der Waals surface area contributed by atoms with Crippen molar-refractivity contribution in [3.8, 4) is 0 Å². The van der Waals surface area contributed by atoms with Gasteiger partial charge < -0.3 is 10.6 Å². The third-order valence-corrected chi connectivity index (χ3v) is 1.06. The van der Waals surface area contributed by atoms with Crippen LogP contribution in [0.1, 0.15) is 19.0 Å². The Hall–Kier alpha value is 0.466. The molecule has 7 heteroatoms. The van der Waals surface area contributed by atoms with Gasteiger partial charge in [-0.15, -0.1) is 5.10 Å². The molecule has 0 saturated heterocycles. The molecule has 62 valence electrons. The zero-order chi connectivity index (χ0) is 8.27. The Balaban J connectivity index is 0. The molecule has 0 aromatic carbocycles. The van der Waals surface area contributed by atoms with Crippen molar-refractivity contribution in [1.29, 1.82) is 0 Å². The molecule has 1 heterocycles. The summed E-state index contributed by atoms with van der Waals surface area (Å²) < 4.78 is 9.25. The summed E-state index contributed by atoms with van der Waals surface area (Å²) in [6.45, 7) is 1.98. The quantitative estimate of drug-likeness (QED) is 0.351. The molecule has 0 spiro atoms. The van der Waals surface area contributed by atoms with Crippen molar-refractivity contribution in [3.05, 3.63) is 10.7 Å². The second kappa shape index (κ2) is 6.00. The average Bonchev–Trinajstić information content (AvgIpc) is 2.36. The van der Waals surface area contributed by atoms with E-state index in [0.29, 0.717) is 0 Å². The van der Waals surface area contributed by atoms with Crippen molar-refractivity contribution in [2.24, 2.45) is 0 Å². The van der Waals surface area contributed by atoms with E-state index in [1.807, 2.05) is 0 Å². The molecule has 12 heavy (non-hydrogen) atoms. The molecule has 0 saturated carbocycles. The molecule has 0 radical (unpaired) electrons. The Kier molecular flexibility index (Phi) is 6.24. The topological polar surface area (TPSA) is 68.1 Å². The summed E-state index contributed by atoms with van der Waals surface area (Å²) in [5.41, 5.74) is 0. The number of nitrogens with zero attached hydrogens (tertiary/aromatic N) is 1. The molecule has 5 nitrogen and oxygen atoms in total. The summed E-state index contributed by atoms with van der Waals surface area (Å²) in [5.74, 6) is -0.753. The minimum Gasteiger partial charge on any atom is -1.00 e. The number of hydrogen-bond donors (Lipinski definition) is 1. The molecule has 0 aliphatic heterocycles. The Morgan fingerprint density at radius 1 is 1.92 bits per heavy atom. The number of H-pyrrole nitrogens is 1. The number of rotatable bonds is 2. The van der Waals surface area contributed by atoms with Crippen LogP contribution in [0.25, 0.3) is 0 Å². The summed E-state index contributed by atoms with van der Waals surface area (Å²) in [5, 5.41) is 5.77. The molecule has 1 aromatic heterocycles. The van der Waals surface area contributed by atoms with Gasteiger partial charge >= 0.3 is 63.2 Å². The molecule has 0 unspecified atom stereocenters. The van der Waals surface area contributed by atoms with E-state index >= 15 is 0 Å². The van der Waals surface area contributed by atoms with E-state index in [4.69, 9.17) is 0 Å². The Bertz CT molecular complexity index is 313. The zero-order valence-corrected chi connectivity index (χ0v) is 10.7. The van der Waals surface area contributed by atoms with Gasteiger partial charge in [-0.3, -0.25) is 0 Å². The number of nitrogens with one attached hydrogen (secondary N) is 1. The molecule has 1 aromatic rings. The minimum atomic E-state index is -0.611. The number of carbonyl (C=O) groups excluding carboxylic acids is 1. The maximum Gasteiger partial charge on any atom is 1.00 e. The summed E-state index contributed by atoms with van der Waals surface area (Å²) in [4.78, 5) is 10.9. The molecule has 0 atom stereocenters. The first kappa shape index (κ1) is 12.5. The van der Waals surface area contributed by atoms with Crippen LogP contribution < -0.4 is 51.4 Å². The second-order valence-electron chi connectivity index (χ2n) is 1.64. The van der Waals surface area contributed by atoms with E-state index in [9.17, 15) is 4.79 Å². The summed E-state index contributed by atoms with van der Waals surface area (Å²) in [6, 6.07) is 0. The number of esters is 1. The Morgan fingerprint density at radius 2 is 2.58 bits per heavy atom. The van der Waals surface area contributed by atoms with Crippen LogP contribution in [0, 0.1) is 4.84 Å².